The molecule has 0 N–H and O–H groups in total. The molecule has 0 aliphatic carbocycles. The maximum absolute atomic E-state index is 14.0. The van der Waals surface area contributed by atoms with Crippen molar-refractivity contribution in [3.8, 4) is 0 Å². The van der Waals surface area contributed by atoms with E-state index in [1.54, 1.807) is 18.2 Å². The first-order valence-corrected chi connectivity index (χ1v) is 8.57. The lowest BCUT2D eigenvalue weighted by Gasteiger charge is -2.33. The summed E-state index contributed by atoms with van der Waals surface area (Å²) in [5, 5.41) is 0.385. The van der Waals surface area contributed by atoms with E-state index in [4.69, 9.17) is 16.3 Å². The Hall–Kier alpha value is -2.87. The van der Waals surface area contributed by atoms with Crippen molar-refractivity contribution in [3.63, 3.8) is 0 Å². The van der Waals surface area contributed by atoms with Gasteiger partial charge in [-0.2, -0.15) is 18.2 Å². The Labute approximate surface area is 163 Å². The first-order chi connectivity index (χ1) is 13.3. The van der Waals surface area contributed by atoms with Gasteiger partial charge in [-0.25, -0.2) is 9.79 Å². The highest BCUT2D eigenvalue weighted by Crippen LogP contribution is 2.39. The molecule has 0 spiro atoms. The fraction of sp³-hybridized carbons (Fsp3) is 0.211. The van der Waals surface area contributed by atoms with Crippen molar-refractivity contribution in [2.75, 3.05) is 6.61 Å². The summed E-state index contributed by atoms with van der Waals surface area (Å²) < 4.78 is 51.7. The zero-order valence-electron chi connectivity index (χ0n) is 14.5. The van der Waals surface area contributed by atoms with E-state index in [-0.39, 0.29) is 23.6 Å². The first kappa shape index (κ1) is 19.9. The second-order valence-electron chi connectivity index (χ2n) is 5.69. The van der Waals surface area contributed by atoms with Gasteiger partial charge < -0.3 is 9.47 Å². The zero-order valence-corrected chi connectivity index (χ0v) is 15.3. The zero-order chi connectivity index (χ0) is 20.4. The summed E-state index contributed by atoms with van der Waals surface area (Å²) >= 11 is 5.84. The lowest BCUT2D eigenvalue weighted by atomic mass is 10.1. The number of aliphatic imine (C=N–C) groups is 2. The molecule has 0 saturated carbocycles. The van der Waals surface area contributed by atoms with Crippen LogP contribution in [-0.4, -0.2) is 36.2 Å². The van der Waals surface area contributed by atoms with Crippen LogP contribution >= 0.6 is 11.6 Å². The number of hydrogen-bond donors (Lipinski definition) is 0. The second kappa shape index (κ2) is 7.63. The Morgan fingerprint density at radius 3 is 2.32 bits per heavy atom. The molecule has 2 aromatic carbocycles. The Morgan fingerprint density at radius 1 is 1.11 bits per heavy atom. The molecule has 28 heavy (non-hydrogen) atoms. The van der Waals surface area contributed by atoms with E-state index in [0.717, 1.165) is 0 Å². The molecule has 146 valence electrons. The summed E-state index contributed by atoms with van der Waals surface area (Å²) in [5.74, 6) is -2.39. The molecule has 5 nitrogen and oxygen atoms in total. The molecule has 0 saturated heterocycles. The maximum atomic E-state index is 14.0. The lowest BCUT2D eigenvalue weighted by Crippen LogP contribution is -2.56. The van der Waals surface area contributed by atoms with Gasteiger partial charge in [0.15, 0.2) is 5.84 Å². The number of esters is 1. The van der Waals surface area contributed by atoms with Crippen molar-refractivity contribution in [3.05, 3.63) is 70.7 Å². The van der Waals surface area contributed by atoms with Gasteiger partial charge in [0.1, 0.15) is 0 Å². The number of benzene rings is 2. The summed E-state index contributed by atoms with van der Waals surface area (Å²) in [6.45, 7) is 1.12. The Kier molecular flexibility index (Phi) is 5.42. The van der Waals surface area contributed by atoms with Crippen molar-refractivity contribution in [1.82, 2.24) is 0 Å². The molecule has 2 aromatic rings. The van der Waals surface area contributed by atoms with Crippen molar-refractivity contribution in [2.24, 2.45) is 9.98 Å². The smallest absolute Gasteiger partial charge is 0.461 e. The number of alkyl halides is 3. The van der Waals surface area contributed by atoms with E-state index < -0.39 is 23.8 Å². The van der Waals surface area contributed by atoms with Crippen LogP contribution in [-0.2, 0) is 14.3 Å². The summed E-state index contributed by atoms with van der Waals surface area (Å²) in [6.07, 6.45) is -5.19. The fourth-order valence-electron chi connectivity index (χ4n) is 2.44. The highest BCUT2D eigenvalue weighted by molar-refractivity contribution is 6.30. The molecule has 3 rings (SSSR count). The van der Waals surface area contributed by atoms with Gasteiger partial charge in [0.05, 0.1) is 6.61 Å². The van der Waals surface area contributed by atoms with E-state index in [1.807, 2.05) is 0 Å². The van der Waals surface area contributed by atoms with Crippen LogP contribution in [0.15, 0.2) is 64.6 Å². The summed E-state index contributed by atoms with van der Waals surface area (Å²) in [6, 6.07) is 13.8. The van der Waals surface area contributed by atoms with Gasteiger partial charge in [-0.3, -0.25) is 0 Å². The number of amidine groups is 1. The van der Waals surface area contributed by atoms with Gasteiger partial charge in [-0.15, -0.1) is 0 Å². The third kappa shape index (κ3) is 3.73. The van der Waals surface area contributed by atoms with E-state index >= 15 is 0 Å². The molecule has 0 amide bonds. The Morgan fingerprint density at radius 2 is 1.75 bits per heavy atom. The molecular formula is C19H14ClF3N2O3. The third-order valence-electron chi connectivity index (χ3n) is 3.77. The number of halogens is 4. The molecule has 0 fully saturated rings. The van der Waals surface area contributed by atoms with Gasteiger partial charge in [-0.05, 0) is 43.3 Å². The van der Waals surface area contributed by atoms with Gasteiger partial charge in [0, 0.05) is 16.1 Å². The van der Waals surface area contributed by atoms with Crippen molar-refractivity contribution in [1.29, 1.82) is 0 Å². The van der Waals surface area contributed by atoms with Crippen LogP contribution < -0.4 is 0 Å². The number of carbonyl (C=O) groups is 1. The maximum Gasteiger partial charge on any atom is 0.463 e. The number of ether oxygens (including phenoxy) is 2. The van der Waals surface area contributed by atoms with E-state index in [2.05, 4.69) is 14.7 Å². The van der Waals surface area contributed by atoms with Crippen LogP contribution in [0.4, 0.5) is 13.2 Å². The molecule has 1 aliphatic heterocycles. The summed E-state index contributed by atoms with van der Waals surface area (Å²) in [4.78, 5) is 20.0. The monoisotopic (exact) mass is 410 g/mol. The molecule has 1 aliphatic rings. The molecular weight excluding hydrogens is 397 g/mol. The topological polar surface area (TPSA) is 60.2 Å². The standard InChI is InChI=1S/C19H14ClF3N2O3/c1-2-27-17(26)18(19(21,22)23)25-15(12-8-10-14(20)11-9-12)24-16(28-18)13-6-4-3-5-7-13/h3-11H,2H2,1H3. The number of rotatable bonds is 4. The highest BCUT2D eigenvalue weighted by Gasteiger charge is 2.67. The minimum atomic E-state index is -5.19. The van der Waals surface area contributed by atoms with E-state index in [9.17, 15) is 18.0 Å². The van der Waals surface area contributed by atoms with Gasteiger partial charge in [-0.1, -0.05) is 29.8 Å². The minimum absolute atomic E-state index is 0.235. The molecule has 1 atom stereocenters. The Balaban J connectivity index is 2.21. The van der Waals surface area contributed by atoms with Crippen LogP contribution in [0.5, 0.6) is 0 Å². The molecule has 1 unspecified atom stereocenters. The van der Waals surface area contributed by atoms with E-state index in [1.165, 1.54) is 43.3 Å². The SMILES string of the molecule is CCOC(=O)C1(C(F)(F)F)N=C(c2ccc(Cl)cc2)N=C(c2ccccc2)O1. The number of nitrogens with zero attached hydrogens (tertiary/aromatic N) is 2. The summed E-state index contributed by atoms with van der Waals surface area (Å²) in [7, 11) is 0. The van der Waals surface area contributed by atoms with Crippen LogP contribution in [0.2, 0.25) is 5.02 Å². The molecule has 0 bridgehead atoms. The van der Waals surface area contributed by atoms with E-state index in [0.29, 0.717) is 5.02 Å². The molecule has 1 heterocycles. The van der Waals surface area contributed by atoms with Gasteiger partial charge >= 0.3 is 17.9 Å². The molecule has 0 aromatic heterocycles. The van der Waals surface area contributed by atoms with Crippen LogP contribution in [0.3, 0.4) is 0 Å². The summed E-state index contributed by atoms with van der Waals surface area (Å²) in [5.41, 5.74) is -3.08. The van der Waals surface area contributed by atoms with Crippen LogP contribution in [0.1, 0.15) is 18.1 Å². The molecule has 0 radical (unpaired) electrons. The predicted molar refractivity (Wildman–Crippen MR) is 97.5 cm³/mol. The minimum Gasteiger partial charge on any atom is -0.461 e. The van der Waals surface area contributed by atoms with Crippen molar-refractivity contribution in [2.45, 2.75) is 18.8 Å². The lowest BCUT2D eigenvalue weighted by molar-refractivity contribution is -0.255. The first-order valence-electron chi connectivity index (χ1n) is 8.19. The van der Waals surface area contributed by atoms with Gasteiger partial charge in [0.2, 0.25) is 5.90 Å². The van der Waals surface area contributed by atoms with Crippen molar-refractivity contribution >= 4 is 29.3 Å². The third-order valence-corrected chi connectivity index (χ3v) is 4.03. The average molecular weight is 411 g/mol. The largest absolute Gasteiger partial charge is 0.463 e. The van der Waals surface area contributed by atoms with Crippen molar-refractivity contribution < 1.29 is 27.4 Å². The normalized spacial score (nSPS) is 19.3. The molecule has 9 heteroatoms. The van der Waals surface area contributed by atoms with Crippen LogP contribution in [0.25, 0.3) is 0 Å². The fourth-order valence-corrected chi connectivity index (χ4v) is 2.57. The average Bonchev–Trinajstić information content (AvgIpc) is 2.68. The quantitative estimate of drug-likeness (QED) is 0.702. The van der Waals surface area contributed by atoms with Gasteiger partial charge in [0.25, 0.3) is 0 Å². The predicted octanol–water partition coefficient (Wildman–Crippen LogP) is 4.39. The van der Waals surface area contributed by atoms with Crippen LogP contribution in [0, 0.1) is 0 Å². The highest BCUT2D eigenvalue weighted by atomic mass is 35.5. The number of hydrogen-bond acceptors (Lipinski definition) is 5. The Bertz CT molecular complexity index is 928. The number of carbonyl (C=O) groups excluding carboxylic acids is 1. The second-order valence-corrected chi connectivity index (χ2v) is 6.13.